The molecule has 1 aromatic heterocycles. The van der Waals surface area contributed by atoms with Gasteiger partial charge in [0.05, 0.1) is 11.3 Å². The molecule has 21 heavy (non-hydrogen) atoms. The number of carboxylic acids is 1. The lowest BCUT2D eigenvalue weighted by Crippen LogP contribution is -2.08. The van der Waals surface area contributed by atoms with Gasteiger partial charge >= 0.3 is 5.97 Å². The van der Waals surface area contributed by atoms with Gasteiger partial charge in [-0.05, 0) is 43.5 Å². The summed E-state index contributed by atoms with van der Waals surface area (Å²) in [5.41, 5.74) is 1.69. The van der Waals surface area contributed by atoms with Crippen molar-refractivity contribution in [3.63, 3.8) is 0 Å². The Labute approximate surface area is 120 Å². The van der Waals surface area contributed by atoms with Crippen LogP contribution in [0.15, 0.2) is 24.3 Å². The number of alkyl halides is 2. The van der Waals surface area contributed by atoms with Crippen molar-refractivity contribution in [1.82, 2.24) is 9.78 Å². The maximum absolute atomic E-state index is 12.9. The normalized spacial score (nSPS) is 14.7. The van der Waals surface area contributed by atoms with E-state index in [2.05, 4.69) is 5.10 Å². The van der Waals surface area contributed by atoms with Gasteiger partial charge in [-0.15, -0.1) is 0 Å². The molecule has 1 saturated carbocycles. The van der Waals surface area contributed by atoms with Crippen LogP contribution in [0.4, 0.5) is 8.78 Å². The predicted octanol–water partition coefficient (Wildman–Crippen LogP) is 3.69. The molecule has 0 amide bonds. The van der Waals surface area contributed by atoms with E-state index in [4.69, 9.17) is 0 Å². The van der Waals surface area contributed by atoms with E-state index in [-0.39, 0.29) is 17.2 Å². The first-order valence-electron chi connectivity index (χ1n) is 6.70. The summed E-state index contributed by atoms with van der Waals surface area (Å²) in [4.78, 5) is 11.2. The van der Waals surface area contributed by atoms with Crippen LogP contribution >= 0.6 is 0 Å². The Balaban J connectivity index is 2.16. The first-order chi connectivity index (χ1) is 9.99. The summed E-state index contributed by atoms with van der Waals surface area (Å²) in [6, 6.07) is 6.23. The van der Waals surface area contributed by atoms with Crippen molar-refractivity contribution in [2.24, 2.45) is 0 Å². The van der Waals surface area contributed by atoms with Crippen LogP contribution in [0.2, 0.25) is 0 Å². The van der Waals surface area contributed by atoms with E-state index in [9.17, 15) is 18.7 Å². The molecule has 1 N–H and O–H groups in total. The van der Waals surface area contributed by atoms with Crippen LogP contribution in [0.5, 0.6) is 0 Å². The number of benzene rings is 1. The van der Waals surface area contributed by atoms with Crippen LogP contribution in [-0.2, 0) is 0 Å². The topological polar surface area (TPSA) is 55.1 Å². The zero-order valence-corrected chi connectivity index (χ0v) is 11.4. The molecule has 0 aliphatic heterocycles. The monoisotopic (exact) mass is 292 g/mol. The third kappa shape index (κ3) is 2.41. The molecule has 0 spiro atoms. The van der Waals surface area contributed by atoms with Crippen molar-refractivity contribution in [3.05, 3.63) is 46.8 Å². The first-order valence-corrected chi connectivity index (χ1v) is 6.70. The minimum Gasteiger partial charge on any atom is -0.478 e. The van der Waals surface area contributed by atoms with E-state index in [0.717, 1.165) is 18.5 Å². The molecule has 1 aliphatic carbocycles. The molecule has 110 valence electrons. The molecule has 6 heteroatoms. The molecule has 0 radical (unpaired) electrons. The fourth-order valence-electron chi connectivity index (χ4n) is 2.47. The van der Waals surface area contributed by atoms with E-state index in [1.54, 1.807) is 19.1 Å². The summed E-state index contributed by atoms with van der Waals surface area (Å²) >= 11 is 0. The number of aromatic nitrogens is 2. The van der Waals surface area contributed by atoms with Crippen LogP contribution < -0.4 is 0 Å². The van der Waals surface area contributed by atoms with Crippen molar-refractivity contribution in [1.29, 1.82) is 0 Å². The minimum absolute atomic E-state index is 0.156. The lowest BCUT2D eigenvalue weighted by Gasteiger charge is -2.11. The molecule has 1 fully saturated rings. The SMILES string of the molecule is Cc1c(C(=O)O)cccc1-n1nc(C(F)F)cc1C1CC1. The number of carbonyl (C=O) groups is 1. The second-order valence-electron chi connectivity index (χ2n) is 5.24. The summed E-state index contributed by atoms with van der Waals surface area (Å²) in [6.07, 6.45) is -0.732. The summed E-state index contributed by atoms with van der Waals surface area (Å²) in [5.74, 6) is -0.804. The van der Waals surface area contributed by atoms with Crippen molar-refractivity contribution < 1.29 is 18.7 Å². The molecule has 3 rings (SSSR count). The minimum atomic E-state index is -2.63. The number of halogens is 2. The van der Waals surface area contributed by atoms with Gasteiger partial charge in [-0.1, -0.05) is 6.07 Å². The highest BCUT2D eigenvalue weighted by Crippen LogP contribution is 2.42. The third-order valence-corrected chi connectivity index (χ3v) is 3.74. The number of hydrogen-bond acceptors (Lipinski definition) is 2. The maximum Gasteiger partial charge on any atom is 0.336 e. The van der Waals surface area contributed by atoms with Crippen molar-refractivity contribution in [3.8, 4) is 5.69 Å². The fraction of sp³-hybridized carbons (Fsp3) is 0.333. The van der Waals surface area contributed by atoms with Crippen molar-refractivity contribution in [2.45, 2.75) is 32.1 Å². The Kier molecular flexibility index (Phi) is 3.23. The van der Waals surface area contributed by atoms with Gasteiger partial charge in [-0.25, -0.2) is 18.3 Å². The molecule has 1 aliphatic rings. The zero-order chi connectivity index (χ0) is 15.1. The smallest absolute Gasteiger partial charge is 0.336 e. The summed E-state index contributed by atoms with van der Waals surface area (Å²) in [7, 11) is 0. The van der Waals surface area contributed by atoms with Gasteiger partial charge in [0, 0.05) is 11.6 Å². The second kappa shape index (κ2) is 4.95. The van der Waals surface area contributed by atoms with Crippen LogP contribution in [-0.4, -0.2) is 20.9 Å². The molecule has 0 saturated heterocycles. The Morgan fingerprint density at radius 3 is 2.71 bits per heavy atom. The van der Waals surface area contributed by atoms with Gasteiger partial charge in [-0.3, -0.25) is 0 Å². The van der Waals surface area contributed by atoms with Gasteiger partial charge in [0.25, 0.3) is 6.43 Å². The Hall–Kier alpha value is -2.24. The van der Waals surface area contributed by atoms with Gasteiger partial charge in [0.2, 0.25) is 0 Å². The fourth-order valence-corrected chi connectivity index (χ4v) is 2.47. The predicted molar refractivity (Wildman–Crippen MR) is 72.2 cm³/mol. The standard InChI is InChI=1S/C15H14F2N2O2/c1-8-10(15(20)21)3-2-4-12(8)19-13(9-5-6-9)7-11(18-19)14(16)17/h2-4,7,9,14H,5-6H2,1H3,(H,20,21). The van der Waals surface area contributed by atoms with Gasteiger partial charge < -0.3 is 5.11 Å². The molecule has 1 aromatic carbocycles. The molecule has 0 bridgehead atoms. The quantitative estimate of drug-likeness (QED) is 0.935. The highest BCUT2D eigenvalue weighted by molar-refractivity contribution is 5.90. The molecule has 0 unspecified atom stereocenters. The summed E-state index contributed by atoms with van der Waals surface area (Å²) in [6.45, 7) is 1.67. The van der Waals surface area contributed by atoms with E-state index < -0.39 is 12.4 Å². The molecular weight excluding hydrogens is 278 g/mol. The van der Waals surface area contributed by atoms with E-state index >= 15 is 0 Å². The van der Waals surface area contributed by atoms with Crippen LogP contribution in [0.3, 0.4) is 0 Å². The molecule has 4 nitrogen and oxygen atoms in total. The van der Waals surface area contributed by atoms with Gasteiger partial charge in [-0.2, -0.15) is 5.10 Å². The van der Waals surface area contributed by atoms with E-state index in [1.165, 1.54) is 16.8 Å². The number of nitrogens with zero attached hydrogens (tertiary/aromatic N) is 2. The number of aromatic carboxylic acids is 1. The first kappa shape index (κ1) is 13.7. The largest absolute Gasteiger partial charge is 0.478 e. The lowest BCUT2D eigenvalue weighted by atomic mass is 10.1. The number of carboxylic acid groups (broad SMARTS) is 1. The molecule has 0 atom stereocenters. The van der Waals surface area contributed by atoms with Gasteiger partial charge in [0.15, 0.2) is 0 Å². The van der Waals surface area contributed by atoms with Crippen molar-refractivity contribution >= 4 is 5.97 Å². The molecule has 2 aromatic rings. The van der Waals surface area contributed by atoms with Crippen LogP contribution in [0.25, 0.3) is 5.69 Å². The Morgan fingerprint density at radius 2 is 2.14 bits per heavy atom. The summed E-state index contributed by atoms with van der Waals surface area (Å²) in [5, 5.41) is 13.1. The van der Waals surface area contributed by atoms with E-state index in [1.807, 2.05) is 0 Å². The lowest BCUT2D eigenvalue weighted by molar-refractivity contribution is 0.0696. The molecular formula is C15H14F2N2O2. The highest BCUT2D eigenvalue weighted by atomic mass is 19.3. The Bertz CT molecular complexity index is 706. The maximum atomic E-state index is 12.9. The number of hydrogen-bond donors (Lipinski definition) is 1. The average molecular weight is 292 g/mol. The van der Waals surface area contributed by atoms with Crippen molar-refractivity contribution in [2.75, 3.05) is 0 Å². The van der Waals surface area contributed by atoms with E-state index in [0.29, 0.717) is 11.3 Å². The highest BCUT2D eigenvalue weighted by Gasteiger charge is 2.30. The average Bonchev–Trinajstić information content (AvgIpc) is 3.17. The zero-order valence-electron chi connectivity index (χ0n) is 11.4. The third-order valence-electron chi connectivity index (χ3n) is 3.74. The Morgan fingerprint density at radius 1 is 1.43 bits per heavy atom. The van der Waals surface area contributed by atoms with Gasteiger partial charge in [0.1, 0.15) is 5.69 Å². The summed E-state index contributed by atoms with van der Waals surface area (Å²) < 4.78 is 27.3. The van der Waals surface area contributed by atoms with Crippen LogP contribution in [0.1, 0.15) is 52.5 Å². The second-order valence-corrected chi connectivity index (χ2v) is 5.24. The number of rotatable bonds is 4. The van der Waals surface area contributed by atoms with Crippen LogP contribution in [0, 0.1) is 6.92 Å². The molecule has 1 heterocycles.